The molecule has 0 aromatic carbocycles. The molecule has 9 nitrogen and oxygen atoms in total. The first-order chi connectivity index (χ1) is 10.7. The molecule has 0 amide bonds. The third-order valence-corrected chi connectivity index (χ3v) is 3.36. The third kappa shape index (κ3) is 2.72. The highest BCUT2D eigenvalue weighted by molar-refractivity contribution is 5.81. The molecule has 22 heavy (non-hydrogen) atoms. The summed E-state index contributed by atoms with van der Waals surface area (Å²) in [4.78, 5) is 37.0. The van der Waals surface area contributed by atoms with Crippen LogP contribution in [0.15, 0.2) is 17.6 Å². The minimum atomic E-state index is -0.329. The van der Waals surface area contributed by atoms with Crippen molar-refractivity contribution in [3.05, 3.63) is 12.7 Å². The van der Waals surface area contributed by atoms with Gasteiger partial charge in [-0.05, 0) is 12.8 Å². The van der Waals surface area contributed by atoms with Gasteiger partial charge in [0.1, 0.15) is 19.2 Å². The van der Waals surface area contributed by atoms with Gasteiger partial charge in [0, 0.05) is 6.92 Å². The van der Waals surface area contributed by atoms with Crippen LogP contribution >= 0.6 is 0 Å². The molecule has 0 saturated carbocycles. The lowest BCUT2D eigenvalue weighted by Gasteiger charge is -2.14. The highest BCUT2D eigenvalue weighted by atomic mass is 16.6. The minimum Gasteiger partial charge on any atom is -0.463 e. The van der Waals surface area contributed by atoms with Crippen molar-refractivity contribution in [2.45, 2.75) is 32.1 Å². The molecule has 0 radical (unpaired) electrons. The Bertz CT molecular complexity index is 752. The number of nitrogens with zero attached hydrogens (tertiary/aromatic N) is 5. The van der Waals surface area contributed by atoms with E-state index in [1.54, 1.807) is 10.9 Å². The Morgan fingerprint density at radius 1 is 1.50 bits per heavy atom. The van der Waals surface area contributed by atoms with E-state index < -0.39 is 0 Å². The van der Waals surface area contributed by atoms with E-state index in [0.29, 0.717) is 11.2 Å². The average molecular weight is 303 g/mol. The van der Waals surface area contributed by atoms with E-state index in [-0.39, 0.29) is 30.7 Å². The van der Waals surface area contributed by atoms with Gasteiger partial charge in [0.25, 0.3) is 0 Å². The second-order valence-electron chi connectivity index (χ2n) is 4.82. The van der Waals surface area contributed by atoms with Gasteiger partial charge in [-0.1, -0.05) is 0 Å². The Kier molecular flexibility index (Phi) is 3.90. The van der Waals surface area contributed by atoms with Gasteiger partial charge >= 0.3 is 5.97 Å². The van der Waals surface area contributed by atoms with Gasteiger partial charge < -0.3 is 9.47 Å². The molecule has 114 valence electrons. The molecule has 0 unspecified atom stereocenters. The SMILES string of the molecule is CC(=O)OC[C@@H]1CC[C@H](n2cnc3c(N=C=O)ncnc32)O1. The fourth-order valence-electron chi connectivity index (χ4n) is 2.40. The van der Waals surface area contributed by atoms with Crippen LogP contribution in [0.25, 0.3) is 11.2 Å². The molecule has 0 N–H and O–H groups in total. The van der Waals surface area contributed by atoms with Crippen LogP contribution in [0.3, 0.4) is 0 Å². The summed E-state index contributed by atoms with van der Waals surface area (Å²) < 4.78 is 12.6. The molecule has 1 aliphatic heterocycles. The van der Waals surface area contributed by atoms with Crippen molar-refractivity contribution < 1.29 is 19.1 Å². The Labute approximate surface area is 125 Å². The van der Waals surface area contributed by atoms with Crippen LogP contribution in [-0.4, -0.2) is 44.3 Å². The number of rotatable bonds is 4. The number of hydrogen-bond acceptors (Lipinski definition) is 8. The van der Waals surface area contributed by atoms with Gasteiger partial charge in [0.2, 0.25) is 6.08 Å². The molecule has 9 heteroatoms. The molecule has 2 atom stereocenters. The molecule has 1 saturated heterocycles. The van der Waals surface area contributed by atoms with Crippen LogP contribution in [-0.2, 0) is 19.1 Å². The van der Waals surface area contributed by atoms with Crippen LogP contribution < -0.4 is 0 Å². The average Bonchev–Trinajstić information content (AvgIpc) is 3.12. The molecule has 0 aliphatic carbocycles. The van der Waals surface area contributed by atoms with Crippen molar-refractivity contribution in [2.75, 3.05) is 6.61 Å². The minimum absolute atomic E-state index is 0.152. The monoisotopic (exact) mass is 303 g/mol. The number of hydrogen-bond donors (Lipinski definition) is 0. The van der Waals surface area contributed by atoms with Crippen molar-refractivity contribution >= 4 is 29.0 Å². The van der Waals surface area contributed by atoms with Crippen molar-refractivity contribution in [1.29, 1.82) is 0 Å². The summed E-state index contributed by atoms with van der Waals surface area (Å²) in [6.07, 6.45) is 5.43. The standard InChI is InChI=1S/C13H13N5O4/c1-8(20)21-4-9-2-3-10(22-9)18-6-16-11-12(17-7-19)14-5-15-13(11)18/h5-6,9-10H,2-4H2,1H3/t9-,10+/m0/s1. The van der Waals surface area contributed by atoms with E-state index in [1.807, 2.05) is 0 Å². The fraction of sp³-hybridized carbons (Fsp3) is 0.462. The van der Waals surface area contributed by atoms with Gasteiger partial charge in [-0.2, -0.15) is 0 Å². The van der Waals surface area contributed by atoms with E-state index in [1.165, 1.54) is 19.3 Å². The molecular weight excluding hydrogens is 290 g/mol. The van der Waals surface area contributed by atoms with E-state index in [4.69, 9.17) is 9.47 Å². The van der Waals surface area contributed by atoms with Gasteiger partial charge in [0.15, 0.2) is 17.0 Å². The molecule has 1 aliphatic rings. The zero-order chi connectivity index (χ0) is 15.5. The molecular formula is C13H13N5O4. The van der Waals surface area contributed by atoms with Crippen molar-refractivity contribution in [2.24, 2.45) is 4.99 Å². The molecule has 1 fully saturated rings. The largest absolute Gasteiger partial charge is 0.463 e. The lowest BCUT2D eigenvalue weighted by molar-refractivity contribution is -0.145. The second-order valence-corrected chi connectivity index (χ2v) is 4.82. The van der Waals surface area contributed by atoms with Crippen molar-refractivity contribution in [1.82, 2.24) is 19.5 Å². The highest BCUT2D eigenvalue weighted by Gasteiger charge is 2.29. The van der Waals surface area contributed by atoms with Crippen LogP contribution in [0.5, 0.6) is 0 Å². The second kappa shape index (κ2) is 6.00. The summed E-state index contributed by atoms with van der Waals surface area (Å²) in [7, 11) is 0. The van der Waals surface area contributed by atoms with E-state index in [0.717, 1.165) is 12.8 Å². The summed E-state index contributed by atoms with van der Waals surface area (Å²) in [6, 6.07) is 0. The quantitative estimate of drug-likeness (QED) is 0.471. The highest BCUT2D eigenvalue weighted by Crippen LogP contribution is 2.31. The number of fused-ring (bicyclic) bond motifs is 1. The van der Waals surface area contributed by atoms with Gasteiger partial charge in [0.05, 0.1) is 12.4 Å². The van der Waals surface area contributed by atoms with E-state index in [2.05, 4.69) is 19.9 Å². The maximum atomic E-state index is 10.8. The lowest BCUT2D eigenvalue weighted by atomic mass is 10.2. The number of carbonyl (C=O) groups excluding carboxylic acids is 2. The first kappa shape index (κ1) is 14.3. The summed E-state index contributed by atoms with van der Waals surface area (Å²) in [6.45, 7) is 1.59. The Balaban J connectivity index is 1.81. The molecule has 0 bridgehead atoms. The van der Waals surface area contributed by atoms with Gasteiger partial charge in [-0.25, -0.2) is 19.7 Å². The van der Waals surface area contributed by atoms with Gasteiger partial charge in [-0.3, -0.25) is 9.36 Å². The molecule has 0 spiro atoms. The number of aromatic nitrogens is 4. The van der Waals surface area contributed by atoms with Crippen LogP contribution in [0.2, 0.25) is 0 Å². The maximum absolute atomic E-state index is 10.8. The zero-order valence-electron chi connectivity index (χ0n) is 11.8. The predicted octanol–water partition coefficient (Wildman–Crippen LogP) is 1.03. The number of isocyanates is 1. The van der Waals surface area contributed by atoms with Gasteiger partial charge in [-0.15, -0.1) is 4.99 Å². The predicted molar refractivity (Wildman–Crippen MR) is 72.9 cm³/mol. The number of esters is 1. The number of carbonyl (C=O) groups is 1. The van der Waals surface area contributed by atoms with Crippen LogP contribution in [0, 0.1) is 0 Å². The Morgan fingerprint density at radius 2 is 2.36 bits per heavy atom. The summed E-state index contributed by atoms with van der Waals surface area (Å²) >= 11 is 0. The summed E-state index contributed by atoms with van der Waals surface area (Å²) in [5.74, 6) is -0.155. The van der Waals surface area contributed by atoms with Crippen molar-refractivity contribution in [3.63, 3.8) is 0 Å². The number of imidazole rings is 1. The summed E-state index contributed by atoms with van der Waals surface area (Å²) in [5.41, 5.74) is 0.944. The number of ether oxygens (including phenoxy) is 2. The third-order valence-electron chi connectivity index (χ3n) is 3.36. The maximum Gasteiger partial charge on any atom is 0.302 e. The summed E-state index contributed by atoms with van der Waals surface area (Å²) in [5, 5.41) is 0. The molecule has 3 rings (SSSR count). The first-order valence-electron chi connectivity index (χ1n) is 6.73. The smallest absolute Gasteiger partial charge is 0.302 e. The van der Waals surface area contributed by atoms with Crippen molar-refractivity contribution in [3.8, 4) is 0 Å². The number of aliphatic imine (C=N–C) groups is 1. The zero-order valence-corrected chi connectivity index (χ0v) is 11.8. The van der Waals surface area contributed by atoms with E-state index >= 15 is 0 Å². The van der Waals surface area contributed by atoms with Crippen LogP contribution in [0.4, 0.5) is 5.82 Å². The van der Waals surface area contributed by atoms with E-state index in [9.17, 15) is 9.59 Å². The molecule has 2 aromatic heterocycles. The Morgan fingerprint density at radius 3 is 3.14 bits per heavy atom. The molecule has 2 aromatic rings. The molecule has 3 heterocycles. The Hall–Kier alpha value is -2.64. The topological polar surface area (TPSA) is 109 Å². The van der Waals surface area contributed by atoms with Crippen LogP contribution in [0.1, 0.15) is 26.0 Å². The fourth-order valence-corrected chi connectivity index (χ4v) is 2.40. The first-order valence-corrected chi connectivity index (χ1v) is 6.73. The lowest BCUT2D eigenvalue weighted by Crippen LogP contribution is -2.18. The normalized spacial score (nSPS) is 20.8.